The van der Waals surface area contributed by atoms with Gasteiger partial charge in [0.2, 0.25) is 0 Å². The Balaban J connectivity index is 1.87. The van der Waals surface area contributed by atoms with Gasteiger partial charge < -0.3 is 4.98 Å². The number of sulfone groups is 1. The Morgan fingerprint density at radius 3 is 2.39 bits per heavy atom. The Bertz CT molecular complexity index is 1280. The normalized spacial score (nSPS) is 12.0. The first kappa shape index (κ1) is 20.6. The lowest BCUT2D eigenvalue weighted by Gasteiger charge is -2.04. The van der Waals surface area contributed by atoms with E-state index < -0.39 is 31.8 Å². The number of benzene rings is 2. The summed E-state index contributed by atoms with van der Waals surface area (Å²) in [5.41, 5.74) is 0.101. The van der Waals surface area contributed by atoms with Gasteiger partial charge in [0.05, 0.1) is 0 Å². The summed E-state index contributed by atoms with van der Waals surface area (Å²) in [5, 5.41) is 1.65. The first-order valence-corrected chi connectivity index (χ1v) is 10.7. The Hall–Kier alpha value is -2.12. The standard InChI is InChI=1S/C19H12Cl3NO4S/c20-13-4-1-11(16(22)8-13)3-6-15(24)10-28(26,27)18-7-12-2-5-14(21)9-17(12)23-19(18)25/h1-9H,10H2,(H,23,25)/b6-3-. The number of fused-ring (bicyclic) bond motifs is 1. The lowest BCUT2D eigenvalue weighted by molar-refractivity contribution is -0.112. The summed E-state index contributed by atoms with van der Waals surface area (Å²) in [4.78, 5) is 26.3. The molecule has 1 heterocycles. The van der Waals surface area contributed by atoms with E-state index in [2.05, 4.69) is 4.98 Å². The third kappa shape index (κ3) is 4.64. The van der Waals surface area contributed by atoms with Crippen LogP contribution in [0.4, 0.5) is 0 Å². The molecule has 0 unspecified atom stereocenters. The van der Waals surface area contributed by atoms with Crippen LogP contribution in [0, 0.1) is 0 Å². The molecule has 0 aliphatic heterocycles. The molecule has 0 saturated carbocycles. The zero-order valence-electron chi connectivity index (χ0n) is 14.1. The molecular formula is C19H12Cl3NO4S. The molecule has 0 amide bonds. The highest BCUT2D eigenvalue weighted by Gasteiger charge is 2.22. The van der Waals surface area contributed by atoms with E-state index in [0.717, 1.165) is 6.08 Å². The average Bonchev–Trinajstić information content (AvgIpc) is 2.59. The molecule has 0 fully saturated rings. The summed E-state index contributed by atoms with van der Waals surface area (Å²) >= 11 is 17.7. The molecule has 0 spiro atoms. The van der Waals surface area contributed by atoms with Crippen molar-refractivity contribution in [2.75, 3.05) is 5.75 Å². The van der Waals surface area contributed by atoms with Crippen molar-refractivity contribution < 1.29 is 13.2 Å². The molecule has 144 valence electrons. The third-order valence-corrected chi connectivity index (χ3v) is 6.29. The maximum absolute atomic E-state index is 12.6. The molecule has 2 aromatic carbocycles. The Kier molecular flexibility index (Phi) is 5.95. The van der Waals surface area contributed by atoms with Gasteiger partial charge in [0.25, 0.3) is 5.56 Å². The number of halogens is 3. The molecular weight excluding hydrogens is 445 g/mol. The minimum atomic E-state index is -4.14. The highest BCUT2D eigenvalue weighted by Crippen LogP contribution is 2.22. The van der Waals surface area contributed by atoms with Crippen LogP contribution < -0.4 is 5.56 Å². The van der Waals surface area contributed by atoms with Crippen molar-refractivity contribution in [3.05, 3.63) is 79.5 Å². The van der Waals surface area contributed by atoms with Gasteiger partial charge in [-0.25, -0.2) is 8.42 Å². The number of hydrogen-bond donors (Lipinski definition) is 1. The predicted octanol–water partition coefficient (Wildman–Crippen LogP) is 4.54. The van der Waals surface area contributed by atoms with Crippen molar-refractivity contribution >= 4 is 67.4 Å². The van der Waals surface area contributed by atoms with Crippen LogP contribution in [0.1, 0.15) is 5.56 Å². The molecule has 0 bridgehead atoms. The molecule has 0 aliphatic rings. The first-order valence-electron chi connectivity index (χ1n) is 7.87. The molecule has 0 atom stereocenters. The highest BCUT2D eigenvalue weighted by molar-refractivity contribution is 7.92. The number of pyridine rings is 1. The second-order valence-corrected chi connectivity index (χ2v) is 9.16. The molecule has 3 aromatic rings. The van der Waals surface area contributed by atoms with Crippen molar-refractivity contribution in [2.45, 2.75) is 4.90 Å². The van der Waals surface area contributed by atoms with Gasteiger partial charge in [-0.1, -0.05) is 46.9 Å². The molecule has 0 radical (unpaired) electrons. The zero-order valence-corrected chi connectivity index (χ0v) is 17.2. The van der Waals surface area contributed by atoms with E-state index in [0.29, 0.717) is 31.5 Å². The van der Waals surface area contributed by atoms with Crippen LogP contribution in [0.2, 0.25) is 15.1 Å². The lowest BCUT2D eigenvalue weighted by atomic mass is 10.2. The SMILES string of the molecule is O=C(/C=C\c1ccc(Cl)cc1Cl)CS(=O)(=O)c1cc2ccc(Cl)cc2[nH]c1=O. The van der Waals surface area contributed by atoms with Crippen molar-refractivity contribution in [3.8, 4) is 0 Å². The molecule has 28 heavy (non-hydrogen) atoms. The van der Waals surface area contributed by atoms with Gasteiger partial charge in [-0.2, -0.15) is 0 Å². The van der Waals surface area contributed by atoms with Gasteiger partial charge >= 0.3 is 0 Å². The van der Waals surface area contributed by atoms with E-state index in [-0.39, 0.29) is 0 Å². The number of carbonyl (C=O) groups excluding carboxylic acids is 1. The average molecular weight is 457 g/mol. The first-order chi connectivity index (χ1) is 13.2. The number of aromatic nitrogens is 1. The summed E-state index contributed by atoms with van der Waals surface area (Å²) in [5.74, 6) is -1.54. The number of aromatic amines is 1. The van der Waals surface area contributed by atoms with E-state index in [1.165, 1.54) is 24.3 Å². The maximum atomic E-state index is 12.6. The summed E-state index contributed by atoms with van der Waals surface area (Å²) in [6.07, 6.45) is 2.49. The summed E-state index contributed by atoms with van der Waals surface area (Å²) < 4.78 is 25.1. The molecule has 9 heteroatoms. The van der Waals surface area contributed by atoms with Gasteiger partial charge in [0.15, 0.2) is 15.6 Å². The quantitative estimate of drug-likeness (QED) is 0.571. The number of carbonyl (C=O) groups is 1. The summed E-state index contributed by atoms with van der Waals surface area (Å²) in [6.45, 7) is 0. The van der Waals surface area contributed by atoms with Crippen LogP contribution in [0.5, 0.6) is 0 Å². The number of nitrogens with one attached hydrogen (secondary N) is 1. The lowest BCUT2D eigenvalue weighted by Crippen LogP contribution is -2.22. The topological polar surface area (TPSA) is 84.1 Å². The number of rotatable bonds is 5. The second kappa shape index (κ2) is 8.09. The number of allylic oxidation sites excluding steroid dienone is 1. The third-order valence-electron chi connectivity index (χ3n) is 3.85. The predicted molar refractivity (Wildman–Crippen MR) is 112 cm³/mol. The van der Waals surface area contributed by atoms with E-state index in [1.807, 2.05) is 0 Å². The molecule has 3 rings (SSSR count). The Labute approximate surface area is 175 Å². The highest BCUT2D eigenvalue weighted by atomic mass is 35.5. The fraction of sp³-hybridized carbons (Fsp3) is 0.0526. The molecule has 5 nitrogen and oxygen atoms in total. The smallest absolute Gasteiger partial charge is 0.267 e. The minimum Gasteiger partial charge on any atom is -0.321 e. The van der Waals surface area contributed by atoms with Gasteiger partial charge in [-0.3, -0.25) is 9.59 Å². The molecule has 1 N–H and O–H groups in total. The summed E-state index contributed by atoms with van der Waals surface area (Å²) in [7, 11) is -4.14. The van der Waals surface area contributed by atoms with Crippen molar-refractivity contribution in [3.63, 3.8) is 0 Å². The Morgan fingerprint density at radius 1 is 1.00 bits per heavy atom. The Morgan fingerprint density at radius 2 is 1.68 bits per heavy atom. The fourth-order valence-electron chi connectivity index (χ4n) is 2.52. The summed E-state index contributed by atoms with van der Waals surface area (Å²) in [6, 6.07) is 10.6. The number of hydrogen-bond acceptors (Lipinski definition) is 4. The van der Waals surface area contributed by atoms with Crippen molar-refractivity contribution in [2.24, 2.45) is 0 Å². The molecule has 0 saturated heterocycles. The van der Waals surface area contributed by atoms with Crippen molar-refractivity contribution in [1.82, 2.24) is 4.98 Å². The van der Waals surface area contributed by atoms with Crippen LogP contribution in [0.25, 0.3) is 17.0 Å². The van der Waals surface area contributed by atoms with Gasteiger partial charge in [0.1, 0.15) is 10.6 Å². The van der Waals surface area contributed by atoms with Crippen LogP contribution >= 0.6 is 34.8 Å². The maximum Gasteiger partial charge on any atom is 0.267 e. The van der Waals surface area contributed by atoms with E-state index in [9.17, 15) is 18.0 Å². The van der Waals surface area contributed by atoms with Crippen LogP contribution in [-0.2, 0) is 14.6 Å². The van der Waals surface area contributed by atoms with Crippen LogP contribution in [-0.4, -0.2) is 24.9 Å². The van der Waals surface area contributed by atoms with Crippen LogP contribution in [0.15, 0.2) is 58.2 Å². The molecule has 1 aromatic heterocycles. The van der Waals surface area contributed by atoms with Gasteiger partial charge in [-0.05, 0) is 53.4 Å². The fourth-order valence-corrected chi connectivity index (χ4v) is 4.43. The number of ketones is 1. The van der Waals surface area contributed by atoms with Crippen LogP contribution in [0.3, 0.4) is 0 Å². The van der Waals surface area contributed by atoms with E-state index in [1.54, 1.807) is 24.3 Å². The zero-order chi connectivity index (χ0) is 20.5. The minimum absolute atomic E-state index is 0.323. The largest absolute Gasteiger partial charge is 0.321 e. The monoisotopic (exact) mass is 455 g/mol. The van der Waals surface area contributed by atoms with Gasteiger partial charge in [-0.15, -0.1) is 0 Å². The van der Waals surface area contributed by atoms with Crippen molar-refractivity contribution in [1.29, 1.82) is 0 Å². The van der Waals surface area contributed by atoms with Gasteiger partial charge in [0, 0.05) is 20.6 Å². The second-order valence-electron chi connectivity index (χ2n) is 5.92. The van der Waals surface area contributed by atoms with E-state index in [4.69, 9.17) is 34.8 Å². The number of H-pyrrole nitrogens is 1. The molecule has 0 aliphatic carbocycles. The van der Waals surface area contributed by atoms with E-state index >= 15 is 0 Å².